The monoisotopic (exact) mass is 867 g/mol. The molecule has 0 amide bonds. The summed E-state index contributed by atoms with van der Waals surface area (Å²) in [5, 5.41) is 4.62. The summed E-state index contributed by atoms with van der Waals surface area (Å²) in [6, 6.07) is 88.3. The lowest BCUT2D eigenvalue weighted by Gasteiger charge is -2.19. The van der Waals surface area contributed by atoms with Gasteiger partial charge in [-0.3, -0.25) is 4.57 Å². The average molecular weight is 868 g/mol. The Morgan fingerprint density at radius 2 is 0.603 bits per heavy atom. The minimum Gasteiger partial charge on any atom is -0.308 e. The Kier molecular flexibility index (Phi) is 9.43. The van der Waals surface area contributed by atoms with Crippen LogP contribution in [-0.4, -0.2) is 24.1 Å². The third-order valence-electron chi connectivity index (χ3n) is 13.2. The number of fused-ring (bicyclic) bond motifs is 6. The van der Waals surface area contributed by atoms with Crippen molar-refractivity contribution in [3.05, 3.63) is 249 Å². The fourth-order valence-corrected chi connectivity index (χ4v) is 9.98. The van der Waals surface area contributed by atoms with Gasteiger partial charge < -0.3 is 4.57 Å². The van der Waals surface area contributed by atoms with Crippen LogP contribution in [-0.2, 0) is 0 Å². The molecule has 0 saturated heterocycles. The Bertz CT molecular complexity index is 3910. The molecule has 13 rings (SSSR count). The van der Waals surface area contributed by atoms with Crippen molar-refractivity contribution in [2.45, 2.75) is 0 Å². The number of para-hydroxylation sites is 3. The normalized spacial score (nSPS) is 11.5. The zero-order chi connectivity index (χ0) is 45.0. The molecule has 0 bridgehead atoms. The summed E-state index contributed by atoms with van der Waals surface area (Å²) < 4.78 is 4.70. The number of rotatable bonds is 8. The first-order valence-corrected chi connectivity index (χ1v) is 23.0. The van der Waals surface area contributed by atoms with Crippen LogP contribution in [0.5, 0.6) is 0 Å². The van der Waals surface area contributed by atoms with Crippen LogP contribution in [0.3, 0.4) is 0 Å². The first kappa shape index (κ1) is 39.2. The highest BCUT2D eigenvalue weighted by molar-refractivity contribution is 6.19. The van der Waals surface area contributed by atoms with E-state index in [9.17, 15) is 0 Å². The van der Waals surface area contributed by atoms with Crippen LogP contribution in [0.15, 0.2) is 249 Å². The molecular weight excluding hydrogens is 827 g/mol. The Balaban J connectivity index is 1.04. The molecule has 0 aliphatic heterocycles. The quantitative estimate of drug-likeness (QED) is 0.153. The molecule has 318 valence electrons. The van der Waals surface area contributed by atoms with E-state index in [0.29, 0.717) is 17.6 Å². The highest BCUT2D eigenvalue weighted by Crippen LogP contribution is 2.44. The summed E-state index contributed by atoms with van der Waals surface area (Å²) in [6.07, 6.45) is 0. The van der Waals surface area contributed by atoms with E-state index in [-0.39, 0.29) is 0 Å². The summed E-state index contributed by atoms with van der Waals surface area (Å²) >= 11 is 0. The third-order valence-corrected chi connectivity index (χ3v) is 13.2. The van der Waals surface area contributed by atoms with Crippen molar-refractivity contribution in [1.82, 2.24) is 24.1 Å². The van der Waals surface area contributed by atoms with Gasteiger partial charge in [0.25, 0.3) is 0 Å². The number of hydrogen-bond donors (Lipinski definition) is 0. The molecule has 0 aliphatic carbocycles. The van der Waals surface area contributed by atoms with Gasteiger partial charge in [-0.1, -0.05) is 224 Å². The van der Waals surface area contributed by atoms with E-state index in [1.807, 2.05) is 24.3 Å². The summed E-state index contributed by atoms with van der Waals surface area (Å²) in [4.78, 5) is 15.8. The summed E-state index contributed by atoms with van der Waals surface area (Å²) in [5.74, 6) is 1.76. The molecule has 0 atom stereocenters. The second-order valence-corrected chi connectivity index (χ2v) is 17.2. The van der Waals surface area contributed by atoms with Crippen molar-refractivity contribution in [3.8, 4) is 78.9 Å². The summed E-state index contributed by atoms with van der Waals surface area (Å²) in [7, 11) is 0. The molecule has 0 fully saturated rings. The van der Waals surface area contributed by atoms with Gasteiger partial charge in [0.2, 0.25) is 5.95 Å². The number of aromatic nitrogens is 5. The van der Waals surface area contributed by atoms with Crippen LogP contribution in [0.4, 0.5) is 0 Å². The molecule has 5 nitrogen and oxygen atoms in total. The molecule has 10 aromatic carbocycles. The standard InChI is InChI=1S/C63H41N5/c1-5-18-42(19-6-1)43-32-34-44(35-33-43)45-36-38-49(39-37-45)62-64-61(48-24-11-4-12-25-48)65-63(66-62)68-57-31-16-14-27-53(57)55-40-54-52-26-13-15-30-56(52)67(58(54)41-59(55)68)60-50(46-20-7-2-8-21-46)28-17-29-51(60)47-22-9-3-10-23-47/h1-41H. The predicted octanol–water partition coefficient (Wildman–Crippen LogP) is 16.1. The largest absolute Gasteiger partial charge is 0.308 e. The number of hydrogen-bond acceptors (Lipinski definition) is 3. The predicted molar refractivity (Wildman–Crippen MR) is 281 cm³/mol. The van der Waals surface area contributed by atoms with Crippen molar-refractivity contribution in [1.29, 1.82) is 0 Å². The van der Waals surface area contributed by atoms with E-state index in [4.69, 9.17) is 15.0 Å². The molecule has 3 heterocycles. The van der Waals surface area contributed by atoms with E-state index in [1.165, 1.54) is 21.9 Å². The lowest BCUT2D eigenvalue weighted by Crippen LogP contribution is -2.06. The van der Waals surface area contributed by atoms with Crippen LogP contribution in [0.2, 0.25) is 0 Å². The Morgan fingerprint density at radius 1 is 0.235 bits per heavy atom. The van der Waals surface area contributed by atoms with Crippen molar-refractivity contribution >= 4 is 43.6 Å². The Morgan fingerprint density at radius 3 is 1.10 bits per heavy atom. The van der Waals surface area contributed by atoms with Crippen LogP contribution in [0.25, 0.3) is 123 Å². The number of nitrogens with zero attached hydrogens (tertiary/aromatic N) is 5. The van der Waals surface area contributed by atoms with Crippen molar-refractivity contribution in [3.63, 3.8) is 0 Å². The molecule has 0 N–H and O–H groups in total. The van der Waals surface area contributed by atoms with Gasteiger partial charge in [0.1, 0.15) is 0 Å². The second-order valence-electron chi connectivity index (χ2n) is 17.2. The molecule has 0 radical (unpaired) electrons. The lowest BCUT2D eigenvalue weighted by molar-refractivity contribution is 0.953. The lowest BCUT2D eigenvalue weighted by atomic mass is 9.95. The fraction of sp³-hybridized carbons (Fsp3) is 0. The molecule has 68 heavy (non-hydrogen) atoms. The Hall–Kier alpha value is -9.19. The first-order chi connectivity index (χ1) is 33.7. The van der Waals surface area contributed by atoms with Crippen LogP contribution >= 0.6 is 0 Å². The zero-order valence-corrected chi connectivity index (χ0v) is 36.9. The molecule has 3 aromatic heterocycles. The van der Waals surface area contributed by atoms with Gasteiger partial charge in [0.05, 0.1) is 27.8 Å². The zero-order valence-electron chi connectivity index (χ0n) is 36.9. The van der Waals surface area contributed by atoms with Gasteiger partial charge >= 0.3 is 0 Å². The maximum Gasteiger partial charge on any atom is 0.238 e. The van der Waals surface area contributed by atoms with Crippen LogP contribution < -0.4 is 0 Å². The highest BCUT2D eigenvalue weighted by atomic mass is 15.2. The smallest absolute Gasteiger partial charge is 0.238 e. The molecule has 5 heteroatoms. The first-order valence-electron chi connectivity index (χ1n) is 23.0. The van der Waals surface area contributed by atoms with Crippen molar-refractivity contribution < 1.29 is 0 Å². The van der Waals surface area contributed by atoms with Gasteiger partial charge in [-0.2, -0.15) is 9.97 Å². The van der Waals surface area contributed by atoms with Gasteiger partial charge in [0, 0.05) is 43.8 Å². The highest BCUT2D eigenvalue weighted by Gasteiger charge is 2.24. The van der Waals surface area contributed by atoms with E-state index in [2.05, 4.69) is 234 Å². The van der Waals surface area contributed by atoms with E-state index < -0.39 is 0 Å². The van der Waals surface area contributed by atoms with Gasteiger partial charge in [-0.15, -0.1) is 0 Å². The summed E-state index contributed by atoms with van der Waals surface area (Å²) in [6.45, 7) is 0. The van der Waals surface area contributed by atoms with E-state index in [0.717, 1.165) is 83.0 Å². The molecule has 13 aromatic rings. The molecule has 0 spiro atoms. The van der Waals surface area contributed by atoms with Gasteiger partial charge in [0.15, 0.2) is 11.6 Å². The van der Waals surface area contributed by atoms with Crippen LogP contribution in [0, 0.1) is 0 Å². The maximum absolute atomic E-state index is 5.36. The van der Waals surface area contributed by atoms with E-state index >= 15 is 0 Å². The Labute approximate surface area is 393 Å². The maximum atomic E-state index is 5.36. The van der Waals surface area contributed by atoms with Crippen LogP contribution in [0.1, 0.15) is 0 Å². The molecule has 0 unspecified atom stereocenters. The third kappa shape index (κ3) is 6.68. The van der Waals surface area contributed by atoms with Gasteiger partial charge in [-0.05, 0) is 57.6 Å². The summed E-state index contributed by atoms with van der Waals surface area (Å²) in [5.41, 5.74) is 16.5. The molecular formula is C63H41N5. The molecule has 0 saturated carbocycles. The SMILES string of the molecule is c1ccc(-c2ccc(-c3ccc(-c4nc(-c5ccccc5)nc(-n5c6ccccc6c6cc7c8ccccc8n(-c8c(-c9ccccc9)cccc8-c8ccccc8)c7cc65)n4)cc3)cc2)cc1. The minimum absolute atomic E-state index is 0.553. The van der Waals surface area contributed by atoms with Gasteiger partial charge in [-0.25, -0.2) is 4.98 Å². The average Bonchev–Trinajstić information content (AvgIpc) is 3.92. The molecule has 0 aliphatic rings. The van der Waals surface area contributed by atoms with E-state index in [1.54, 1.807) is 0 Å². The minimum atomic E-state index is 0.553. The van der Waals surface area contributed by atoms with Crippen molar-refractivity contribution in [2.75, 3.05) is 0 Å². The fourth-order valence-electron chi connectivity index (χ4n) is 9.98. The van der Waals surface area contributed by atoms with Crippen molar-refractivity contribution in [2.24, 2.45) is 0 Å². The topological polar surface area (TPSA) is 48.5 Å². The second kappa shape index (κ2) is 16.4. The number of benzene rings is 10.